The van der Waals surface area contributed by atoms with Crippen molar-refractivity contribution in [3.63, 3.8) is 0 Å². The second kappa shape index (κ2) is 7.04. The molecule has 0 bridgehead atoms. The number of carbonyl (C=O) groups excluding carboxylic acids is 1. The number of anilines is 1. The van der Waals surface area contributed by atoms with Crippen molar-refractivity contribution in [2.45, 2.75) is 12.5 Å². The number of hydrogen-bond acceptors (Lipinski definition) is 4. The first-order chi connectivity index (χ1) is 12.3. The molecule has 1 aliphatic rings. The van der Waals surface area contributed by atoms with Crippen molar-refractivity contribution < 1.29 is 9.53 Å². The van der Waals surface area contributed by atoms with Crippen LogP contribution in [0.2, 0.25) is 0 Å². The van der Waals surface area contributed by atoms with E-state index < -0.39 is 0 Å². The van der Waals surface area contributed by atoms with Crippen LogP contribution in [0, 0.1) is 0 Å². The Morgan fingerprint density at radius 3 is 2.96 bits per heavy atom. The van der Waals surface area contributed by atoms with Gasteiger partial charge in [0.15, 0.2) is 0 Å². The third-order valence-electron chi connectivity index (χ3n) is 4.30. The van der Waals surface area contributed by atoms with Gasteiger partial charge in [0, 0.05) is 30.4 Å². The highest BCUT2D eigenvalue weighted by Gasteiger charge is 2.17. The normalized spacial score (nSPS) is 17.5. The molecule has 1 amide bonds. The van der Waals surface area contributed by atoms with E-state index in [-0.39, 0.29) is 11.9 Å². The predicted octanol–water partition coefficient (Wildman–Crippen LogP) is 2.34. The van der Waals surface area contributed by atoms with Crippen molar-refractivity contribution in [1.82, 2.24) is 14.9 Å². The number of morpholine rings is 1. The van der Waals surface area contributed by atoms with Crippen LogP contribution in [0.4, 0.5) is 5.69 Å². The molecule has 0 spiro atoms. The van der Waals surface area contributed by atoms with E-state index in [0.29, 0.717) is 19.6 Å². The summed E-state index contributed by atoms with van der Waals surface area (Å²) in [5.74, 6) is -0.0233. The molecule has 3 aromatic rings. The maximum atomic E-state index is 12.2. The van der Waals surface area contributed by atoms with Crippen molar-refractivity contribution in [3.8, 4) is 5.69 Å². The van der Waals surface area contributed by atoms with E-state index in [9.17, 15) is 4.79 Å². The summed E-state index contributed by atoms with van der Waals surface area (Å²) in [6.07, 6.45) is 2.20. The second-order valence-corrected chi connectivity index (χ2v) is 6.13. The first-order valence-corrected chi connectivity index (χ1v) is 8.43. The lowest BCUT2D eigenvalue weighted by atomic mass is 10.2. The Morgan fingerprint density at radius 2 is 2.16 bits per heavy atom. The summed E-state index contributed by atoms with van der Waals surface area (Å²) in [5, 5.41) is 6.23. The summed E-state index contributed by atoms with van der Waals surface area (Å²) in [5.41, 5.74) is 3.67. The lowest BCUT2D eigenvalue weighted by Gasteiger charge is -2.23. The Hall–Kier alpha value is -2.70. The number of amides is 1. The first kappa shape index (κ1) is 15.8. The molecule has 0 radical (unpaired) electrons. The quantitative estimate of drug-likeness (QED) is 0.767. The van der Waals surface area contributed by atoms with Crippen LogP contribution in [-0.4, -0.2) is 41.3 Å². The molecular weight excluding hydrogens is 316 g/mol. The molecule has 1 saturated heterocycles. The number of rotatable bonds is 4. The van der Waals surface area contributed by atoms with Crippen molar-refractivity contribution in [1.29, 1.82) is 0 Å². The molecule has 6 nitrogen and oxygen atoms in total. The molecule has 1 fully saturated rings. The number of carbonyl (C=O) groups is 1. The van der Waals surface area contributed by atoms with Gasteiger partial charge < -0.3 is 15.4 Å². The smallest absolute Gasteiger partial charge is 0.226 e. The summed E-state index contributed by atoms with van der Waals surface area (Å²) in [4.78, 5) is 16.7. The molecule has 1 unspecified atom stereocenters. The average molecular weight is 336 g/mol. The minimum absolute atomic E-state index is 0.0233. The van der Waals surface area contributed by atoms with Gasteiger partial charge in [-0.1, -0.05) is 18.2 Å². The molecule has 128 valence electrons. The standard InChI is InChI=1S/C19H20N4O2/c24-19(11-15-12-25-9-8-20-15)22-14-6-7-18-17(10-14)21-13-23(18)16-4-2-1-3-5-16/h1-7,10,13,15,20H,8-9,11-12H2,(H,22,24). The zero-order valence-corrected chi connectivity index (χ0v) is 13.8. The number of imidazole rings is 1. The number of nitrogens with one attached hydrogen (secondary N) is 2. The summed E-state index contributed by atoms with van der Waals surface area (Å²) in [6.45, 7) is 2.08. The van der Waals surface area contributed by atoms with Gasteiger partial charge in [0.1, 0.15) is 6.33 Å². The van der Waals surface area contributed by atoms with E-state index in [2.05, 4.69) is 15.6 Å². The summed E-state index contributed by atoms with van der Waals surface area (Å²) >= 11 is 0. The minimum Gasteiger partial charge on any atom is -0.378 e. The molecule has 0 saturated carbocycles. The van der Waals surface area contributed by atoms with Crippen LogP contribution >= 0.6 is 0 Å². The maximum Gasteiger partial charge on any atom is 0.226 e. The van der Waals surface area contributed by atoms with Crippen molar-refractivity contribution in [2.24, 2.45) is 0 Å². The van der Waals surface area contributed by atoms with Crippen LogP contribution in [0.25, 0.3) is 16.7 Å². The first-order valence-electron chi connectivity index (χ1n) is 8.43. The van der Waals surface area contributed by atoms with E-state index in [4.69, 9.17) is 4.74 Å². The van der Waals surface area contributed by atoms with Gasteiger partial charge >= 0.3 is 0 Å². The van der Waals surface area contributed by atoms with Gasteiger partial charge in [0.05, 0.1) is 24.2 Å². The largest absolute Gasteiger partial charge is 0.378 e. The van der Waals surface area contributed by atoms with E-state index in [0.717, 1.165) is 29.0 Å². The molecular formula is C19H20N4O2. The van der Waals surface area contributed by atoms with Gasteiger partial charge in [-0.25, -0.2) is 4.98 Å². The third-order valence-corrected chi connectivity index (χ3v) is 4.30. The van der Waals surface area contributed by atoms with Gasteiger partial charge in [-0.2, -0.15) is 0 Å². The molecule has 2 heterocycles. The fourth-order valence-corrected chi connectivity index (χ4v) is 3.07. The van der Waals surface area contributed by atoms with Gasteiger partial charge in [-0.05, 0) is 30.3 Å². The Labute approximate surface area is 145 Å². The number of nitrogens with zero attached hydrogens (tertiary/aromatic N) is 2. The van der Waals surface area contributed by atoms with Crippen LogP contribution in [-0.2, 0) is 9.53 Å². The summed E-state index contributed by atoms with van der Waals surface area (Å²) in [7, 11) is 0. The number of benzene rings is 2. The Balaban J connectivity index is 1.49. The van der Waals surface area contributed by atoms with Crippen LogP contribution < -0.4 is 10.6 Å². The highest BCUT2D eigenvalue weighted by molar-refractivity contribution is 5.93. The second-order valence-electron chi connectivity index (χ2n) is 6.13. The molecule has 1 atom stereocenters. The Morgan fingerprint density at radius 1 is 1.28 bits per heavy atom. The number of ether oxygens (including phenoxy) is 1. The van der Waals surface area contributed by atoms with Crippen LogP contribution in [0.1, 0.15) is 6.42 Å². The zero-order chi connectivity index (χ0) is 17.1. The van der Waals surface area contributed by atoms with Gasteiger partial charge in [-0.15, -0.1) is 0 Å². The molecule has 4 rings (SSSR count). The summed E-state index contributed by atoms with van der Waals surface area (Å²) in [6, 6.07) is 15.9. The van der Waals surface area contributed by atoms with Crippen LogP contribution in [0.5, 0.6) is 0 Å². The minimum atomic E-state index is -0.0233. The van der Waals surface area contributed by atoms with Crippen LogP contribution in [0.15, 0.2) is 54.9 Å². The molecule has 0 aliphatic carbocycles. The summed E-state index contributed by atoms with van der Waals surface area (Å²) < 4.78 is 7.41. The lowest BCUT2D eigenvalue weighted by Crippen LogP contribution is -2.43. The fraction of sp³-hybridized carbons (Fsp3) is 0.263. The monoisotopic (exact) mass is 336 g/mol. The van der Waals surface area contributed by atoms with E-state index in [1.165, 1.54) is 0 Å². The highest BCUT2D eigenvalue weighted by atomic mass is 16.5. The maximum absolute atomic E-state index is 12.2. The fourth-order valence-electron chi connectivity index (χ4n) is 3.07. The molecule has 1 aromatic heterocycles. The van der Waals surface area contributed by atoms with Crippen molar-refractivity contribution in [3.05, 3.63) is 54.9 Å². The van der Waals surface area contributed by atoms with Crippen LogP contribution in [0.3, 0.4) is 0 Å². The molecule has 1 aliphatic heterocycles. The lowest BCUT2D eigenvalue weighted by molar-refractivity contribution is -0.117. The molecule has 25 heavy (non-hydrogen) atoms. The average Bonchev–Trinajstić information content (AvgIpc) is 3.06. The zero-order valence-electron chi connectivity index (χ0n) is 13.8. The molecule has 6 heteroatoms. The molecule has 2 aromatic carbocycles. The number of fused-ring (bicyclic) bond motifs is 1. The van der Waals surface area contributed by atoms with Gasteiger partial charge in [0.25, 0.3) is 0 Å². The number of hydrogen-bond donors (Lipinski definition) is 2. The third kappa shape index (κ3) is 3.55. The van der Waals surface area contributed by atoms with Gasteiger partial charge in [0.2, 0.25) is 5.91 Å². The van der Waals surface area contributed by atoms with E-state index >= 15 is 0 Å². The predicted molar refractivity (Wildman–Crippen MR) is 96.9 cm³/mol. The van der Waals surface area contributed by atoms with Gasteiger partial charge in [-0.3, -0.25) is 9.36 Å². The van der Waals surface area contributed by atoms with E-state index in [1.54, 1.807) is 6.33 Å². The Kier molecular flexibility index (Phi) is 4.45. The van der Waals surface area contributed by atoms with Crippen molar-refractivity contribution >= 4 is 22.6 Å². The van der Waals surface area contributed by atoms with Crippen molar-refractivity contribution in [2.75, 3.05) is 25.1 Å². The number of para-hydroxylation sites is 1. The molecule has 2 N–H and O–H groups in total. The number of aromatic nitrogens is 2. The SMILES string of the molecule is O=C(CC1COCCN1)Nc1ccc2c(c1)ncn2-c1ccccc1. The Bertz CT molecular complexity index is 870. The van der Waals surface area contributed by atoms with E-state index in [1.807, 2.05) is 53.1 Å². The topological polar surface area (TPSA) is 68.2 Å². The highest BCUT2D eigenvalue weighted by Crippen LogP contribution is 2.21.